The molecule has 4 rings (SSSR count). The summed E-state index contributed by atoms with van der Waals surface area (Å²) in [5.74, 6) is 0.544. The highest BCUT2D eigenvalue weighted by molar-refractivity contribution is 5.85. The first-order chi connectivity index (χ1) is 14.5. The number of benzene rings is 3. The first-order valence-electron chi connectivity index (χ1n) is 9.33. The molecule has 0 amide bonds. The second kappa shape index (κ2) is 8.08. The van der Waals surface area contributed by atoms with Crippen LogP contribution in [0, 0.1) is 17.0 Å². The van der Waals surface area contributed by atoms with Crippen LogP contribution >= 0.6 is 0 Å². The molecule has 150 valence electrons. The highest BCUT2D eigenvalue weighted by Crippen LogP contribution is 2.38. The van der Waals surface area contributed by atoms with Gasteiger partial charge in [0.25, 0.3) is 5.69 Å². The van der Waals surface area contributed by atoms with E-state index in [1.807, 2.05) is 37.3 Å². The van der Waals surface area contributed by atoms with Crippen molar-refractivity contribution in [3.05, 3.63) is 94.2 Å². The first-order valence-corrected chi connectivity index (χ1v) is 9.33. The van der Waals surface area contributed by atoms with E-state index in [2.05, 4.69) is 10.2 Å². The average Bonchev–Trinajstić information content (AvgIpc) is 3.14. The summed E-state index contributed by atoms with van der Waals surface area (Å²) in [6.45, 7) is 2.17. The quantitative estimate of drug-likeness (QED) is 0.340. The minimum Gasteiger partial charge on any atom is -0.507 e. The van der Waals surface area contributed by atoms with Crippen LogP contribution in [-0.2, 0) is 6.61 Å². The fraction of sp³-hybridized carbons (Fsp3) is 0.0870. The number of phenols is 1. The van der Waals surface area contributed by atoms with E-state index in [1.54, 1.807) is 30.3 Å². The average molecular weight is 401 g/mol. The van der Waals surface area contributed by atoms with Crippen LogP contribution in [0.15, 0.2) is 72.8 Å². The number of aromatic nitrogens is 2. The summed E-state index contributed by atoms with van der Waals surface area (Å²) in [6, 6.07) is 21.1. The van der Waals surface area contributed by atoms with E-state index < -0.39 is 4.92 Å². The van der Waals surface area contributed by atoms with E-state index in [-0.39, 0.29) is 18.0 Å². The monoisotopic (exact) mass is 401 g/mol. The van der Waals surface area contributed by atoms with Crippen molar-refractivity contribution in [1.82, 2.24) is 10.2 Å². The fourth-order valence-electron chi connectivity index (χ4n) is 3.26. The lowest BCUT2D eigenvalue weighted by atomic mass is 9.99. The molecule has 0 aliphatic rings. The minimum atomic E-state index is -0.443. The van der Waals surface area contributed by atoms with E-state index in [0.717, 1.165) is 22.4 Å². The van der Waals surface area contributed by atoms with Crippen LogP contribution in [0.1, 0.15) is 11.3 Å². The van der Waals surface area contributed by atoms with Gasteiger partial charge in [0, 0.05) is 35.0 Å². The van der Waals surface area contributed by atoms with Gasteiger partial charge in [-0.15, -0.1) is 0 Å². The highest BCUT2D eigenvalue weighted by Gasteiger charge is 2.17. The van der Waals surface area contributed by atoms with E-state index in [4.69, 9.17) is 4.74 Å². The highest BCUT2D eigenvalue weighted by atomic mass is 16.6. The molecule has 4 aromatic rings. The molecule has 0 aliphatic carbocycles. The van der Waals surface area contributed by atoms with E-state index >= 15 is 0 Å². The molecule has 0 atom stereocenters. The van der Waals surface area contributed by atoms with Crippen LogP contribution in [0.3, 0.4) is 0 Å². The molecule has 0 saturated carbocycles. The molecule has 0 bridgehead atoms. The van der Waals surface area contributed by atoms with Crippen molar-refractivity contribution in [1.29, 1.82) is 0 Å². The summed E-state index contributed by atoms with van der Waals surface area (Å²) in [6.07, 6.45) is 0. The number of ether oxygens (including phenoxy) is 1. The molecule has 0 radical (unpaired) electrons. The summed E-state index contributed by atoms with van der Waals surface area (Å²) in [7, 11) is 0. The van der Waals surface area contributed by atoms with Crippen LogP contribution in [0.5, 0.6) is 11.5 Å². The third-order valence-electron chi connectivity index (χ3n) is 4.79. The lowest BCUT2D eigenvalue weighted by molar-refractivity contribution is -0.384. The van der Waals surface area contributed by atoms with E-state index in [9.17, 15) is 15.2 Å². The Labute approximate surface area is 172 Å². The van der Waals surface area contributed by atoms with Crippen molar-refractivity contribution in [3.8, 4) is 33.9 Å². The molecular weight excluding hydrogens is 382 g/mol. The van der Waals surface area contributed by atoms with E-state index in [1.165, 1.54) is 12.1 Å². The molecule has 30 heavy (non-hydrogen) atoms. The first kappa shape index (κ1) is 19.2. The number of H-pyrrole nitrogens is 1. The molecule has 3 aromatic carbocycles. The molecule has 1 heterocycles. The fourth-order valence-corrected chi connectivity index (χ4v) is 3.26. The molecule has 0 spiro atoms. The van der Waals surface area contributed by atoms with Crippen molar-refractivity contribution in [2.24, 2.45) is 0 Å². The second-order valence-electron chi connectivity index (χ2n) is 6.83. The number of nitro benzene ring substituents is 1. The van der Waals surface area contributed by atoms with Crippen molar-refractivity contribution >= 4 is 5.69 Å². The molecule has 0 aliphatic heterocycles. The number of aryl methyl sites for hydroxylation is 1. The van der Waals surface area contributed by atoms with Crippen LogP contribution < -0.4 is 4.74 Å². The van der Waals surface area contributed by atoms with Gasteiger partial charge in [-0.2, -0.15) is 5.10 Å². The zero-order valence-corrected chi connectivity index (χ0v) is 16.2. The largest absolute Gasteiger partial charge is 0.507 e. The number of aromatic amines is 1. The Kier molecular flexibility index (Phi) is 5.17. The summed E-state index contributed by atoms with van der Waals surface area (Å²) >= 11 is 0. The van der Waals surface area contributed by atoms with Crippen molar-refractivity contribution in [2.45, 2.75) is 13.5 Å². The van der Waals surface area contributed by atoms with Crippen LogP contribution in [0.2, 0.25) is 0 Å². The predicted molar refractivity (Wildman–Crippen MR) is 113 cm³/mol. The van der Waals surface area contributed by atoms with Gasteiger partial charge in [0.1, 0.15) is 23.8 Å². The molecular formula is C23H19N3O4. The SMILES string of the molecule is Cc1[nH]nc(-c2ccc(OCc3ccc([N+](=O)[O-])cc3)cc2O)c1-c1ccccc1. The number of nitrogens with zero attached hydrogens (tertiary/aromatic N) is 2. The predicted octanol–water partition coefficient (Wildman–Crippen LogP) is 5.24. The second-order valence-corrected chi connectivity index (χ2v) is 6.83. The number of phenolic OH excluding ortho intramolecular Hbond substituents is 1. The maximum absolute atomic E-state index is 10.7. The van der Waals surface area contributed by atoms with Gasteiger partial charge in [-0.25, -0.2) is 0 Å². The number of hydrogen-bond acceptors (Lipinski definition) is 5. The van der Waals surface area contributed by atoms with Gasteiger partial charge in [0.2, 0.25) is 0 Å². The Bertz CT molecular complexity index is 1190. The van der Waals surface area contributed by atoms with Gasteiger partial charge < -0.3 is 9.84 Å². The van der Waals surface area contributed by atoms with E-state index in [0.29, 0.717) is 17.0 Å². The van der Waals surface area contributed by atoms with Crippen molar-refractivity contribution in [3.63, 3.8) is 0 Å². The van der Waals surface area contributed by atoms with Gasteiger partial charge in [0.15, 0.2) is 0 Å². The zero-order valence-electron chi connectivity index (χ0n) is 16.2. The van der Waals surface area contributed by atoms with Gasteiger partial charge in [0.05, 0.1) is 4.92 Å². The van der Waals surface area contributed by atoms with Crippen molar-refractivity contribution in [2.75, 3.05) is 0 Å². The summed E-state index contributed by atoms with van der Waals surface area (Å²) in [5.41, 5.74) is 4.94. The number of nitro groups is 1. The normalized spacial score (nSPS) is 10.7. The number of aromatic hydroxyl groups is 1. The molecule has 7 nitrogen and oxygen atoms in total. The summed E-state index contributed by atoms with van der Waals surface area (Å²) < 4.78 is 5.73. The van der Waals surface area contributed by atoms with Gasteiger partial charge in [-0.05, 0) is 42.3 Å². The molecule has 0 unspecified atom stereocenters. The van der Waals surface area contributed by atoms with Crippen LogP contribution in [0.4, 0.5) is 5.69 Å². The van der Waals surface area contributed by atoms with Gasteiger partial charge in [-0.3, -0.25) is 15.2 Å². The molecule has 0 saturated heterocycles. The smallest absolute Gasteiger partial charge is 0.269 e. The van der Waals surface area contributed by atoms with Crippen LogP contribution in [-0.4, -0.2) is 20.2 Å². The molecule has 0 fully saturated rings. The zero-order chi connectivity index (χ0) is 21.1. The Morgan fingerprint density at radius 2 is 1.80 bits per heavy atom. The third-order valence-corrected chi connectivity index (χ3v) is 4.79. The van der Waals surface area contributed by atoms with Crippen LogP contribution in [0.25, 0.3) is 22.4 Å². The summed E-state index contributed by atoms with van der Waals surface area (Å²) in [5, 5.41) is 28.7. The minimum absolute atomic E-state index is 0.0317. The number of rotatable bonds is 6. The van der Waals surface area contributed by atoms with Crippen molar-refractivity contribution < 1.29 is 14.8 Å². The number of nitrogens with one attached hydrogen (secondary N) is 1. The summed E-state index contributed by atoms with van der Waals surface area (Å²) in [4.78, 5) is 10.3. The van der Waals surface area contributed by atoms with Gasteiger partial charge in [-0.1, -0.05) is 30.3 Å². The third kappa shape index (κ3) is 3.86. The topological polar surface area (TPSA) is 101 Å². The maximum Gasteiger partial charge on any atom is 0.269 e. The Morgan fingerprint density at radius 3 is 2.47 bits per heavy atom. The lowest BCUT2D eigenvalue weighted by Crippen LogP contribution is -1.96. The maximum atomic E-state index is 10.7. The number of hydrogen-bond donors (Lipinski definition) is 2. The molecule has 7 heteroatoms. The standard InChI is InChI=1S/C23H19N3O4/c1-15-22(17-5-3-2-4-6-17)23(25-24-15)20-12-11-19(13-21(20)27)30-14-16-7-9-18(10-8-16)26(28)29/h2-13,27H,14H2,1H3,(H,24,25). The molecule has 1 aromatic heterocycles. The Morgan fingerprint density at radius 1 is 1.07 bits per heavy atom. The van der Waals surface area contributed by atoms with Gasteiger partial charge >= 0.3 is 0 Å². The molecule has 2 N–H and O–H groups in total. The Balaban J connectivity index is 1.55. The Hall–Kier alpha value is -4.13. The lowest BCUT2D eigenvalue weighted by Gasteiger charge is -2.10. The number of non-ortho nitro benzene ring substituents is 1.